The van der Waals surface area contributed by atoms with Crippen molar-refractivity contribution >= 4 is 23.1 Å². The van der Waals surface area contributed by atoms with Crippen LogP contribution in [0.4, 0.5) is 0 Å². The Morgan fingerprint density at radius 2 is 1.92 bits per heavy atom. The Balaban J connectivity index is 1.84. The SMILES string of the molecule is CCCCOc1ccc(C(=O)n2ccc3c(CC=O)cccc32)cc1. The fraction of sp³-hybridized carbons (Fsp3) is 0.238. The number of aromatic nitrogens is 1. The van der Waals surface area contributed by atoms with Gasteiger partial charge in [0.25, 0.3) is 5.91 Å². The summed E-state index contributed by atoms with van der Waals surface area (Å²) in [5.74, 6) is 0.675. The Kier molecular flexibility index (Phi) is 5.29. The van der Waals surface area contributed by atoms with Gasteiger partial charge >= 0.3 is 0 Å². The number of hydrogen-bond acceptors (Lipinski definition) is 3. The van der Waals surface area contributed by atoms with Crippen LogP contribution in [-0.2, 0) is 11.2 Å². The number of ether oxygens (including phenoxy) is 1. The van der Waals surface area contributed by atoms with Crippen LogP contribution in [0.25, 0.3) is 10.9 Å². The molecule has 0 aliphatic heterocycles. The van der Waals surface area contributed by atoms with Crippen LogP contribution < -0.4 is 4.74 Å². The molecular weight excluding hydrogens is 314 g/mol. The van der Waals surface area contributed by atoms with Crippen LogP contribution in [-0.4, -0.2) is 23.4 Å². The lowest BCUT2D eigenvalue weighted by molar-refractivity contribution is -0.107. The molecule has 4 nitrogen and oxygen atoms in total. The van der Waals surface area contributed by atoms with Crippen LogP contribution in [0.3, 0.4) is 0 Å². The Morgan fingerprint density at radius 1 is 1.12 bits per heavy atom. The molecular formula is C21H21NO3. The highest BCUT2D eigenvalue weighted by Gasteiger charge is 2.13. The molecule has 4 heteroatoms. The standard InChI is InChI=1S/C21H21NO3/c1-2-3-15-25-18-9-7-17(8-10-18)21(24)22-13-11-19-16(12-14-23)5-4-6-20(19)22/h4-11,13-14H,2-3,12,15H2,1H3. The molecule has 1 aromatic heterocycles. The lowest BCUT2D eigenvalue weighted by Gasteiger charge is -2.08. The normalized spacial score (nSPS) is 10.8. The number of fused-ring (bicyclic) bond motifs is 1. The van der Waals surface area contributed by atoms with Crippen molar-refractivity contribution < 1.29 is 14.3 Å². The van der Waals surface area contributed by atoms with Crippen molar-refractivity contribution in [3.8, 4) is 5.75 Å². The molecule has 0 unspecified atom stereocenters. The lowest BCUT2D eigenvalue weighted by atomic mass is 10.1. The maximum absolute atomic E-state index is 12.8. The quantitative estimate of drug-likeness (QED) is 0.479. The summed E-state index contributed by atoms with van der Waals surface area (Å²) < 4.78 is 7.26. The average Bonchev–Trinajstić information content (AvgIpc) is 3.07. The van der Waals surface area contributed by atoms with E-state index in [-0.39, 0.29) is 5.91 Å². The van der Waals surface area contributed by atoms with Gasteiger partial charge in [0, 0.05) is 23.6 Å². The first kappa shape index (κ1) is 17.0. The van der Waals surface area contributed by atoms with E-state index in [1.54, 1.807) is 22.9 Å². The van der Waals surface area contributed by atoms with Gasteiger partial charge in [-0.25, -0.2) is 0 Å². The third-order valence-electron chi connectivity index (χ3n) is 4.21. The van der Waals surface area contributed by atoms with Gasteiger partial charge in [-0.2, -0.15) is 0 Å². The monoisotopic (exact) mass is 335 g/mol. The van der Waals surface area contributed by atoms with Crippen molar-refractivity contribution in [3.63, 3.8) is 0 Å². The molecule has 0 saturated carbocycles. The molecule has 0 amide bonds. The van der Waals surface area contributed by atoms with Gasteiger partial charge in [0.1, 0.15) is 12.0 Å². The molecule has 0 fully saturated rings. The number of unbranched alkanes of at least 4 members (excludes halogenated alkanes) is 1. The first-order chi connectivity index (χ1) is 12.2. The van der Waals surface area contributed by atoms with Crippen LogP contribution in [0.5, 0.6) is 5.75 Å². The molecule has 25 heavy (non-hydrogen) atoms. The Bertz CT molecular complexity index is 878. The van der Waals surface area contributed by atoms with Crippen molar-refractivity contribution in [1.82, 2.24) is 4.57 Å². The maximum atomic E-state index is 12.8. The molecule has 3 rings (SSSR count). The number of carbonyl (C=O) groups excluding carboxylic acids is 2. The summed E-state index contributed by atoms with van der Waals surface area (Å²) >= 11 is 0. The third-order valence-corrected chi connectivity index (χ3v) is 4.21. The van der Waals surface area contributed by atoms with E-state index in [4.69, 9.17) is 4.74 Å². The van der Waals surface area contributed by atoms with Crippen molar-refractivity contribution in [2.75, 3.05) is 6.61 Å². The summed E-state index contributed by atoms with van der Waals surface area (Å²) in [5, 5.41) is 0.933. The van der Waals surface area contributed by atoms with E-state index >= 15 is 0 Å². The number of nitrogens with zero attached hydrogens (tertiary/aromatic N) is 1. The molecule has 2 aromatic carbocycles. The fourth-order valence-electron chi connectivity index (χ4n) is 2.84. The van der Waals surface area contributed by atoms with E-state index < -0.39 is 0 Å². The summed E-state index contributed by atoms with van der Waals surface area (Å²) in [6, 6.07) is 14.8. The summed E-state index contributed by atoms with van der Waals surface area (Å²) in [4.78, 5) is 23.6. The highest BCUT2D eigenvalue weighted by molar-refractivity contribution is 6.02. The summed E-state index contributed by atoms with van der Waals surface area (Å²) in [6.45, 7) is 2.80. The number of carbonyl (C=O) groups is 2. The predicted molar refractivity (Wildman–Crippen MR) is 98.3 cm³/mol. The topological polar surface area (TPSA) is 48.3 Å². The van der Waals surface area contributed by atoms with Gasteiger partial charge in [0.15, 0.2) is 0 Å². The molecule has 0 aliphatic rings. The van der Waals surface area contributed by atoms with E-state index in [0.29, 0.717) is 18.6 Å². The van der Waals surface area contributed by atoms with E-state index in [9.17, 15) is 9.59 Å². The molecule has 0 radical (unpaired) electrons. The molecule has 0 bridgehead atoms. The van der Waals surface area contributed by atoms with Crippen molar-refractivity contribution in [2.45, 2.75) is 26.2 Å². The maximum Gasteiger partial charge on any atom is 0.262 e. The number of rotatable bonds is 7. The van der Waals surface area contributed by atoms with Crippen molar-refractivity contribution in [2.24, 2.45) is 0 Å². The summed E-state index contributed by atoms with van der Waals surface area (Å²) in [7, 11) is 0. The Morgan fingerprint density at radius 3 is 2.64 bits per heavy atom. The zero-order valence-electron chi connectivity index (χ0n) is 14.3. The predicted octanol–water partition coefficient (Wildman–Crippen LogP) is 4.25. The van der Waals surface area contributed by atoms with Gasteiger partial charge in [-0.1, -0.05) is 25.5 Å². The number of hydrogen-bond donors (Lipinski definition) is 0. The average molecular weight is 335 g/mol. The minimum atomic E-state index is -0.0987. The van der Waals surface area contributed by atoms with Crippen LogP contribution in [0.15, 0.2) is 54.7 Å². The third kappa shape index (κ3) is 3.63. The summed E-state index contributed by atoms with van der Waals surface area (Å²) in [5.41, 5.74) is 2.34. The van der Waals surface area contributed by atoms with Gasteiger partial charge < -0.3 is 9.53 Å². The zero-order valence-corrected chi connectivity index (χ0v) is 14.3. The molecule has 0 saturated heterocycles. The van der Waals surface area contributed by atoms with Crippen LogP contribution in [0.1, 0.15) is 35.7 Å². The summed E-state index contributed by atoms with van der Waals surface area (Å²) in [6.07, 6.45) is 5.08. The molecule has 128 valence electrons. The van der Waals surface area contributed by atoms with Gasteiger partial charge in [0.05, 0.1) is 12.1 Å². The van der Waals surface area contributed by atoms with E-state index in [1.807, 2.05) is 36.4 Å². The highest BCUT2D eigenvalue weighted by atomic mass is 16.5. The van der Waals surface area contributed by atoms with Gasteiger partial charge in [-0.15, -0.1) is 0 Å². The molecule has 0 atom stereocenters. The first-order valence-electron chi connectivity index (χ1n) is 8.54. The lowest BCUT2D eigenvalue weighted by Crippen LogP contribution is -2.10. The first-order valence-corrected chi connectivity index (χ1v) is 8.54. The van der Waals surface area contributed by atoms with E-state index in [0.717, 1.165) is 41.3 Å². The van der Waals surface area contributed by atoms with Crippen molar-refractivity contribution in [3.05, 3.63) is 65.9 Å². The minimum absolute atomic E-state index is 0.0987. The second-order valence-corrected chi connectivity index (χ2v) is 5.94. The molecule has 3 aromatic rings. The largest absolute Gasteiger partial charge is 0.494 e. The highest BCUT2D eigenvalue weighted by Crippen LogP contribution is 2.22. The molecule has 1 heterocycles. The molecule has 0 N–H and O–H groups in total. The second-order valence-electron chi connectivity index (χ2n) is 5.94. The minimum Gasteiger partial charge on any atom is -0.494 e. The Hall–Kier alpha value is -2.88. The van der Waals surface area contributed by atoms with Crippen molar-refractivity contribution in [1.29, 1.82) is 0 Å². The Labute approximate surface area is 147 Å². The van der Waals surface area contributed by atoms with Crippen LogP contribution in [0, 0.1) is 0 Å². The fourth-order valence-corrected chi connectivity index (χ4v) is 2.84. The van der Waals surface area contributed by atoms with Crippen LogP contribution >= 0.6 is 0 Å². The van der Waals surface area contributed by atoms with Gasteiger partial charge in [-0.3, -0.25) is 9.36 Å². The number of aldehydes is 1. The van der Waals surface area contributed by atoms with E-state index in [2.05, 4.69) is 6.92 Å². The zero-order chi connectivity index (χ0) is 17.6. The molecule has 0 spiro atoms. The van der Waals surface area contributed by atoms with Crippen LogP contribution in [0.2, 0.25) is 0 Å². The van der Waals surface area contributed by atoms with Gasteiger partial charge in [0.2, 0.25) is 0 Å². The van der Waals surface area contributed by atoms with Gasteiger partial charge in [-0.05, 0) is 48.4 Å². The molecule has 0 aliphatic carbocycles. The van der Waals surface area contributed by atoms with E-state index in [1.165, 1.54) is 0 Å². The number of benzene rings is 2. The smallest absolute Gasteiger partial charge is 0.262 e. The second kappa shape index (κ2) is 7.79.